The fourth-order valence-electron chi connectivity index (χ4n) is 1.68. The van der Waals surface area contributed by atoms with E-state index in [1.165, 1.54) is 11.0 Å². The lowest BCUT2D eigenvalue weighted by Crippen LogP contribution is -2.41. The van der Waals surface area contributed by atoms with Gasteiger partial charge in [0.25, 0.3) is 0 Å². The summed E-state index contributed by atoms with van der Waals surface area (Å²) in [5.74, 6) is -1.44. The third-order valence-corrected chi connectivity index (χ3v) is 2.58. The van der Waals surface area contributed by atoms with E-state index in [9.17, 15) is 18.0 Å². The Hall–Kier alpha value is -1.00. The number of allylic oxidation sites excluding steroid dienone is 1. The van der Waals surface area contributed by atoms with Gasteiger partial charge in [0.05, 0.1) is 5.92 Å². The Kier molecular flexibility index (Phi) is 3.77. The number of alkyl halides is 3. The summed E-state index contributed by atoms with van der Waals surface area (Å²) in [7, 11) is 0. The van der Waals surface area contributed by atoms with Crippen LogP contribution in [-0.2, 0) is 4.79 Å². The predicted octanol–water partition coefficient (Wildman–Crippen LogP) is 2.36. The Balaban J connectivity index is 2.46. The highest BCUT2D eigenvalue weighted by atomic mass is 19.4. The van der Waals surface area contributed by atoms with Gasteiger partial charge in [-0.05, 0) is 25.8 Å². The average Bonchev–Trinajstić information content (AvgIpc) is 2.17. The molecule has 0 bridgehead atoms. The van der Waals surface area contributed by atoms with Crippen molar-refractivity contribution in [2.45, 2.75) is 25.9 Å². The first-order valence-electron chi connectivity index (χ1n) is 4.93. The molecule has 0 atom stereocenters. The van der Waals surface area contributed by atoms with Gasteiger partial charge < -0.3 is 4.90 Å². The Bertz CT molecular complexity index is 252. The van der Waals surface area contributed by atoms with Crippen molar-refractivity contribution in [2.24, 2.45) is 5.92 Å². The zero-order chi connectivity index (χ0) is 11.5. The van der Waals surface area contributed by atoms with E-state index < -0.39 is 12.1 Å². The van der Waals surface area contributed by atoms with Crippen LogP contribution in [0.3, 0.4) is 0 Å². The number of nitrogens with zero attached hydrogens (tertiary/aromatic N) is 1. The quantitative estimate of drug-likeness (QED) is 0.622. The zero-order valence-corrected chi connectivity index (χ0v) is 8.55. The second-order valence-electron chi connectivity index (χ2n) is 3.64. The molecule has 1 saturated heterocycles. The van der Waals surface area contributed by atoms with Crippen molar-refractivity contribution in [3.8, 4) is 0 Å². The smallest absolute Gasteiger partial charge is 0.339 e. The number of rotatable bonds is 1. The molecular formula is C10H14F3NO. The minimum Gasteiger partial charge on any atom is -0.339 e. The monoisotopic (exact) mass is 221 g/mol. The number of carbonyl (C=O) groups is 1. The van der Waals surface area contributed by atoms with Crippen molar-refractivity contribution in [1.82, 2.24) is 4.90 Å². The molecule has 0 radical (unpaired) electrons. The Labute approximate surface area is 86.7 Å². The van der Waals surface area contributed by atoms with E-state index in [1.807, 2.05) is 0 Å². The molecule has 0 N–H and O–H groups in total. The van der Waals surface area contributed by atoms with Crippen LogP contribution in [0.4, 0.5) is 13.2 Å². The minimum atomic E-state index is -4.12. The Morgan fingerprint density at radius 2 is 1.87 bits per heavy atom. The third kappa shape index (κ3) is 3.25. The molecule has 5 heteroatoms. The maximum Gasteiger partial charge on any atom is 0.391 e. The van der Waals surface area contributed by atoms with E-state index in [2.05, 4.69) is 0 Å². The topological polar surface area (TPSA) is 20.3 Å². The Morgan fingerprint density at radius 3 is 2.27 bits per heavy atom. The van der Waals surface area contributed by atoms with Gasteiger partial charge in [-0.25, -0.2) is 0 Å². The first-order valence-corrected chi connectivity index (χ1v) is 4.93. The van der Waals surface area contributed by atoms with E-state index in [0.717, 1.165) is 0 Å². The molecule has 1 aliphatic rings. The lowest BCUT2D eigenvalue weighted by Gasteiger charge is -2.32. The van der Waals surface area contributed by atoms with Crippen molar-refractivity contribution in [3.63, 3.8) is 0 Å². The average molecular weight is 221 g/mol. The first-order chi connectivity index (χ1) is 6.95. The van der Waals surface area contributed by atoms with Crippen LogP contribution in [0.25, 0.3) is 0 Å². The number of amides is 1. The number of halogens is 3. The van der Waals surface area contributed by atoms with Crippen molar-refractivity contribution < 1.29 is 18.0 Å². The van der Waals surface area contributed by atoms with E-state index >= 15 is 0 Å². The van der Waals surface area contributed by atoms with Crippen molar-refractivity contribution in [3.05, 3.63) is 12.2 Å². The summed E-state index contributed by atoms with van der Waals surface area (Å²) >= 11 is 0. The molecule has 86 valence electrons. The lowest BCUT2D eigenvalue weighted by molar-refractivity contribution is -0.186. The summed E-state index contributed by atoms with van der Waals surface area (Å²) in [5.41, 5.74) is 0. The molecule has 0 unspecified atom stereocenters. The second-order valence-corrected chi connectivity index (χ2v) is 3.64. The van der Waals surface area contributed by atoms with Crippen LogP contribution in [0.2, 0.25) is 0 Å². The van der Waals surface area contributed by atoms with Crippen molar-refractivity contribution >= 4 is 5.91 Å². The summed E-state index contributed by atoms with van der Waals surface area (Å²) in [6.45, 7) is 2.11. The first kappa shape index (κ1) is 12.1. The Morgan fingerprint density at radius 1 is 1.33 bits per heavy atom. The molecule has 1 rings (SSSR count). The predicted molar refractivity (Wildman–Crippen MR) is 50.2 cm³/mol. The minimum absolute atomic E-state index is 0.0206. The van der Waals surface area contributed by atoms with Crippen LogP contribution in [0.5, 0.6) is 0 Å². The summed E-state index contributed by atoms with van der Waals surface area (Å²) < 4.78 is 36.9. The maximum absolute atomic E-state index is 12.3. The van der Waals surface area contributed by atoms with Gasteiger partial charge >= 0.3 is 6.18 Å². The number of piperidine rings is 1. The van der Waals surface area contributed by atoms with Gasteiger partial charge in [-0.1, -0.05) is 6.08 Å². The summed E-state index contributed by atoms with van der Waals surface area (Å²) in [6.07, 6.45) is -1.10. The summed E-state index contributed by atoms with van der Waals surface area (Å²) in [5, 5.41) is 0. The van der Waals surface area contributed by atoms with Gasteiger partial charge in [0, 0.05) is 13.1 Å². The van der Waals surface area contributed by atoms with Gasteiger partial charge in [0.1, 0.15) is 0 Å². The summed E-state index contributed by atoms with van der Waals surface area (Å²) in [6, 6.07) is 0. The second kappa shape index (κ2) is 4.68. The molecule has 0 aromatic heterocycles. The number of hydrogen-bond donors (Lipinski definition) is 0. The molecule has 1 heterocycles. The summed E-state index contributed by atoms with van der Waals surface area (Å²) in [4.78, 5) is 12.8. The molecule has 2 nitrogen and oxygen atoms in total. The molecule has 1 fully saturated rings. The van der Waals surface area contributed by atoms with E-state index in [4.69, 9.17) is 0 Å². The number of carbonyl (C=O) groups excluding carboxylic acids is 1. The highest BCUT2D eigenvalue weighted by Crippen LogP contribution is 2.34. The maximum atomic E-state index is 12.3. The highest BCUT2D eigenvalue weighted by molar-refractivity contribution is 5.87. The molecular weight excluding hydrogens is 207 g/mol. The molecule has 0 saturated carbocycles. The third-order valence-electron chi connectivity index (χ3n) is 2.58. The van der Waals surface area contributed by atoms with Crippen LogP contribution >= 0.6 is 0 Å². The van der Waals surface area contributed by atoms with Gasteiger partial charge in [-0.2, -0.15) is 13.2 Å². The molecule has 1 aliphatic heterocycles. The fraction of sp³-hybridized carbons (Fsp3) is 0.700. The lowest BCUT2D eigenvalue weighted by atomic mass is 9.96. The molecule has 0 aromatic rings. The highest BCUT2D eigenvalue weighted by Gasteiger charge is 2.41. The van der Waals surface area contributed by atoms with Crippen LogP contribution < -0.4 is 0 Å². The van der Waals surface area contributed by atoms with Crippen LogP contribution in [-0.4, -0.2) is 30.1 Å². The zero-order valence-electron chi connectivity index (χ0n) is 8.55. The van der Waals surface area contributed by atoms with Crippen molar-refractivity contribution in [2.75, 3.05) is 13.1 Å². The standard InChI is InChI=1S/C10H14F3NO/c1-2-3-9(15)14-6-4-8(5-7-14)10(11,12)13/h2-3,8H,4-7H2,1H3. The molecule has 0 spiro atoms. The van der Waals surface area contributed by atoms with E-state index in [-0.39, 0.29) is 31.8 Å². The van der Waals surface area contributed by atoms with Crippen molar-refractivity contribution in [1.29, 1.82) is 0 Å². The molecule has 0 aliphatic carbocycles. The fourth-order valence-corrected chi connectivity index (χ4v) is 1.68. The van der Waals surface area contributed by atoms with Crippen LogP contribution in [0.15, 0.2) is 12.2 Å². The molecule has 1 amide bonds. The van der Waals surface area contributed by atoms with Gasteiger partial charge in [0.2, 0.25) is 5.91 Å². The normalized spacial score (nSPS) is 19.9. The van der Waals surface area contributed by atoms with E-state index in [1.54, 1.807) is 13.0 Å². The van der Waals surface area contributed by atoms with Crippen LogP contribution in [0.1, 0.15) is 19.8 Å². The molecule has 0 aromatic carbocycles. The number of likely N-dealkylation sites (tertiary alicyclic amines) is 1. The van der Waals surface area contributed by atoms with Gasteiger partial charge in [-0.15, -0.1) is 0 Å². The SMILES string of the molecule is CC=CC(=O)N1CCC(C(F)(F)F)CC1. The van der Waals surface area contributed by atoms with Gasteiger partial charge in [-0.3, -0.25) is 4.79 Å². The molecule has 15 heavy (non-hydrogen) atoms. The van der Waals surface area contributed by atoms with Gasteiger partial charge in [0.15, 0.2) is 0 Å². The van der Waals surface area contributed by atoms with E-state index in [0.29, 0.717) is 0 Å². The van der Waals surface area contributed by atoms with Crippen LogP contribution in [0, 0.1) is 5.92 Å². The number of hydrogen-bond acceptors (Lipinski definition) is 1. The largest absolute Gasteiger partial charge is 0.391 e.